The van der Waals surface area contributed by atoms with Crippen molar-refractivity contribution in [3.05, 3.63) is 29.3 Å². The molecule has 0 aliphatic carbocycles. The van der Waals surface area contributed by atoms with Crippen LogP contribution in [0.1, 0.15) is 16.8 Å². The van der Waals surface area contributed by atoms with Crippen LogP contribution in [0.15, 0.2) is 12.1 Å². The van der Waals surface area contributed by atoms with Crippen LogP contribution in [0.5, 0.6) is 0 Å². The number of hydrogen-bond acceptors (Lipinski definition) is 3. The number of rotatable bonds is 3. The van der Waals surface area contributed by atoms with E-state index in [1.165, 1.54) is 7.05 Å². The van der Waals surface area contributed by atoms with E-state index in [0.717, 1.165) is 17.0 Å². The van der Waals surface area contributed by atoms with Crippen LogP contribution in [0.4, 0.5) is 14.5 Å². The van der Waals surface area contributed by atoms with E-state index in [-0.39, 0.29) is 24.6 Å². The Morgan fingerprint density at radius 2 is 1.89 bits per heavy atom. The lowest BCUT2D eigenvalue weighted by atomic mass is 10.1. The van der Waals surface area contributed by atoms with Crippen molar-refractivity contribution in [3.8, 4) is 0 Å². The predicted molar refractivity (Wildman–Crippen MR) is 61.7 cm³/mol. The molecule has 0 fully saturated rings. The standard InChI is InChI=1S/C12H10F2N2O3/c1-15-8(17)4-5-16-10-7(14)3-2-6(13)9(10)11(18)12(16)19/h2-3H,4-5H2,1H3,(H,15,17). The Hall–Kier alpha value is -2.31. The molecule has 1 aromatic rings. The van der Waals surface area contributed by atoms with Crippen LogP contribution in [0.3, 0.4) is 0 Å². The van der Waals surface area contributed by atoms with Crippen LogP contribution in [0.25, 0.3) is 0 Å². The number of anilines is 1. The highest BCUT2D eigenvalue weighted by Crippen LogP contribution is 2.33. The monoisotopic (exact) mass is 268 g/mol. The molecular weight excluding hydrogens is 258 g/mol. The summed E-state index contributed by atoms with van der Waals surface area (Å²) in [7, 11) is 1.41. The first-order chi connectivity index (χ1) is 8.97. The number of carbonyl (C=O) groups excluding carboxylic acids is 3. The first kappa shape index (κ1) is 13.1. The van der Waals surface area contributed by atoms with Crippen molar-refractivity contribution in [3.63, 3.8) is 0 Å². The molecule has 100 valence electrons. The molecule has 0 unspecified atom stereocenters. The van der Waals surface area contributed by atoms with Gasteiger partial charge >= 0.3 is 0 Å². The molecule has 0 radical (unpaired) electrons. The lowest BCUT2D eigenvalue weighted by Crippen LogP contribution is -2.34. The summed E-state index contributed by atoms with van der Waals surface area (Å²) in [6, 6.07) is 1.63. The van der Waals surface area contributed by atoms with E-state index in [9.17, 15) is 23.2 Å². The van der Waals surface area contributed by atoms with Crippen molar-refractivity contribution < 1.29 is 23.2 Å². The second-order valence-electron chi connectivity index (χ2n) is 3.96. The topological polar surface area (TPSA) is 66.5 Å². The predicted octanol–water partition coefficient (Wildman–Crippen LogP) is 0.630. The minimum Gasteiger partial charge on any atom is -0.359 e. The molecule has 0 atom stereocenters. The van der Waals surface area contributed by atoms with Gasteiger partial charge in [0, 0.05) is 20.0 Å². The molecule has 0 spiro atoms. The van der Waals surface area contributed by atoms with Gasteiger partial charge in [-0.2, -0.15) is 0 Å². The molecule has 1 heterocycles. The normalized spacial score (nSPS) is 13.7. The molecule has 0 saturated heterocycles. The Morgan fingerprint density at radius 3 is 2.53 bits per heavy atom. The van der Waals surface area contributed by atoms with Gasteiger partial charge in [-0.15, -0.1) is 0 Å². The summed E-state index contributed by atoms with van der Waals surface area (Å²) in [5.74, 6) is -4.30. The Balaban J connectivity index is 2.39. The minimum absolute atomic E-state index is 0.106. The molecule has 2 amide bonds. The molecule has 0 bridgehead atoms. The Morgan fingerprint density at radius 1 is 1.26 bits per heavy atom. The number of carbonyl (C=O) groups is 3. The molecule has 7 heteroatoms. The van der Waals surface area contributed by atoms with Crippen molar-refractivity contribution in [1.82, 2.24) is 5.32 Å². The van der Waals surface area contributed by atoms with Gasteiger partial charge in [-0.25, -0.2) is 8.78 Å². The third-order valence-electron chi connectivity index (χ3n) is 2.86. The molecular formula is C12H10F2N2O3. The second kappa shape index (κ2) is 4.75. The van der Waals surface area contributed by atoms with Crippen LogP contribution < -0.4 is 10.2 Å². The number of nitrogens with one attached hydrogen (secondary N) is 1. The molecule has 19 heavy (non-hydrogen) atoms. The van der Waals surface area contributed by atoms with Crippen molar-refractivity contribution in [2.45, 2.75) is 6.42 Å². The lowest BCUT2D eigenvalue weighted by molar-refractivity contribution is -0.120. The third-order valence-corrected chi connectivity index (χ3v) is 2.86. The fraction of sp³-hybridized carbons (Fsp3) is 0.250. The molecule has 5 nitrogen and oxygen atoms in total. The van der Waals surface area contributed by atoms with Crippen molar-refractivity contribution in [2.75, 3.05) is 18.5 Å². The van der Waals surface area contributed by atoms with Crippen LogP contribution in [0.2, 0.25) is 0 Å². The van der Waals surface area contributed by atoms with E-state index >= 15 is 0 Å². The van der Waals surface area contributed by atoms with E-state index < -0.39 is 28.9 Å². The van der Waals surface area contributed by atoms with E-state index in [4.69, 9.17) is 0 Å². The van der Waals surface area contributed by atoms with Crippen molar-refractivity contribution in [2.24, 2.45) is 0 Å². The smallest absolute Gasteiger partial charge is 0.299 e. The highest BCUT2D eigenvalue weighted by atomic mass is 19.1. The number of benzene rings is 1. The van der Waals surface area contributed by atoms with Gasteiger partial charge in [-0.05, 0) is 12.1 Å². The fourth-order valence-corrected chi connectivity index (χ4v) is 1.90. The van der Waals surface area contributed by atoms with Crippen LogP contribution >= 0.6 is 0 Å². The van der Waals surface area contributed by atoms with Gasteiger partial charge in [-0.3, -0.25) is 14.4 Å². The zero-order chi connectivity index (χ0) is 14.2. The zero-order valence-corrected chi connectivity index (χ0v) is 10.00. The summed E-state index contributed by atoms with van der Waals surface area (Å²) in [5.41, 5.74) is -0.958. The first-order valence-electron chi connectivity index (χ1n) is 5.52. The summed E-state index contributed by atoms with van der Waals surface area (Å²) in [5, 5.41) is 2.34. The molecule has 1 aliphatic heterocycles. The van der Waals surface area contributed by atoms with Gasteiger partial charge in [0.05, 0.1) is 11.3 Å². The Bertz CT molecular complexity index is 587. The van der Waals surface area contributed by atoms with E-state index in [1.54, 1.807) is 0 Å². The van der Waals surface area contributed by atoms with Gasteiger partial charge in [0.25, 0.3) is 11.7 Å². The highest BCUT2D eigenvalue weighted by Gasteiger charge is 2.40. The third kappa shape index (κ3) is 2.07. The number of ketones is 1. The van der Waals surface area contributed by atoms with Gasteiger partial charge in [0.15, 0.2) is 0 Å². The Kier molecular flexibility index (Phi) is 3.28. The van der Waals surface area contributed by atoms with Gasteiger partial charge < -0.3 is 10.2 Å². The number of fused-ring (bicyclic) bond motifs is 1. The minimum atomic E-state index is -1.09. The zero-order valence-electron chi connectivity index (χ0n) is 10.00. The summed E-state index contributed by atoms with van der Waals surface area (Å²) in [6.45, 7) is -0.183. The average molecular weight is 268 g/mol. The molecule has 0 aromatic heterocycles. The number of hydrogen-bond donors (Lipinski definition) is 1. The molecule has 1 aliphatic rings. The first-order valence-corrected chi connectivity index (χ1v) is 5.52. The summed E-state index contributed by atoms with van der Waals surface area (Å²) in [4.78, 5) is 35.2. The summed E-state index contributed by atoms with van der Waals surface area (Å²) >= 11 is 0. The lowest BCUT2D eigenvalue weighted by Gasteiger charge is -2.16. The van der Waals surface area contributed by atoms with Crippen LogP contribution in [0, 0.1) is 11.6 Å². The highest BCUT2D eigenvalue weighted by molar-refractivity contribution is 6.52. The summed E-state index contributed by atoms with van der Waals surface area (Å²) < 4.78 is 27.1. The van der Waals surface area contributed by atoms with E-state index in [0.29, 0.717) is 0 Å². The SMILES string of the molecule is CNC(=O)CCN1C(=O)C(=O)c2c(F)ccc(F)c21. The molecule has 0 saturated carbocycles. The van der Waals surface area contributed by atoms with E-state index in [1.807, 2.05) is 0 Å². The molecule has 1 N–H and O–H groups in total. The number of nitrogens with zero attached hydrogens (tertiary/aromatic N) is 1. The largest absolute Gasteiger partial charge is 0.359 e. The fourth-order valence-electron chi connectivity index (χ4n) is 1.90. The number of amides is 2. The maximum Gasteiger partial charge on any atom is 0.299 e. The van der Waals surface area contributed by atoms with Crippen molar-refractivity contribution in [1.29, 1.82) is 0 Å². The van der Waals surface area contributed by atoms with Gasteiger partial charge in [0.1, 0.15) is 11.6 Å². The van der Waals surface area contributed by atoms with Crippen LogP contribution in [-0.2, 0) is 9.59 Å². The van der Waals surface area contributed by atoms with Crippen molar-refractivity contribution >= 4 is 23.3 Å². The average Bonchev–Trinajstić information content (AvgIpc) is 2.65. The van der Waals surface area contributed by atoms with Crippen LogP contribution in [-0.4, -0.2) is 31.2 Å². The maximum absolute atomic E-state index is 13.7. The number of halogens is 2. The van der Waals surface area contributed by atoms with E-state index in [2.05, 4.69) is 5.32 Å². The van der Waals surface area contributed by atoms with Gasteiger partial charge in [-0.1, -0.05) is 0 Å². The maximum atomic E-state index is 13.7. The molecule has 1 aromatic carbocycles. The molecule has 2 rings (SSSR count). The number of Topliss-reactive ketones (excluding diaryl/α,β-unsaturated/α-hetero) is 1. The quantitative estimate of drug-likeness (QED) is 0.818. The second-order valence-corrected chi connectivity index (χ2v) is 3.96. The van der Waals surface area contributed by atoms with Gasteiger partial charge in [0.2, 0.25) is 5.91 Å². The summed E-state index contributed by atoms with van der Waals surface area (Å²) in [6.07, 6.45) is -0.106. The Labute approximate surface area is 107 Å².